The van der Waals surface area contributed by atoms with Crippen LogP contribution in [0.25, 0.3) is 21.6 Å². The van der Waals surface area contributed by atoms with E-state index in [-0.39, 0.29) is 0 Å². The van der Waals surface area contributed by atoms with Crippen LogP contribution in [0.4, 0.5) is 0 Å². The first-order chi connectivity index (χ1) is 7.83. The zero-order valence-corrected chi connectivity index (χ0v) is 9.79. The summed E-state index contributed by atoms with van der Waals surface area (Å²) < 4.78 is 0. The molecule has 2 heterocycles. The number of fused-ring (bicyclic) bond motifs is 1. The molecular weight excluding hydrogens is 240 g/mol. The normalized spacial score (nSPS) is 10.8. The van der Waals surface area contributed by atoms with Gasteiger partial charge in [-0.2, -0.15) is 0 Å². The Labute approximate surface area is 102 Å². The van der Waals surface area contributed by atoms with E-state index in [1.54, 1.807) is 17.5 Å². The van der Waals surface area contributed by atoms with Gasteiger partial charge in [0.1, 0.15) is 0 Å². The lowest BCUT2D eigenvalue weighted by Gasteiger charge is -2.00. The van der Waals surface area contributed by atoms with Gasteiger partial charge in [-0.3, -0.25) is 4.98 Å². The van der Waals surface area contributed by atoms with Crippen molar-refractivity contribution < 1.29 is 0 Å². The number of aromatic nitrogens is 2. The van der Waals surface area contributed by atoms with Gasteiger partial charge in [0.15, 0.2) is 0 Å². The highest BCUT2D eigenvalue weighted by molar-refractivity contribution is 7.13. The summed E-state index contributed by atoms with van der Waals surface area (Å²) in [6.45, 7) is 0. The van der Waals surface area contributed by atoms with Crippen LogP contribution in [0.3, 0.4) is 0 Å². The van der Waals surface area contributed by atoms with Gasteiger partial charge >= 0.3 is 0 Å². The average Bonchev–Trinajstić information content (AvgIpc) is 2.82. The third-order valence-electron chi connectivity index (χ3n) is 2.28. The van der Waals surface area contributed by atoms with Gasteiger partial charge in [0.25, 0.3) is 0 Å². The highest BCUT2D eigenvalue weighted by atomic mass is 35.5. The SMILES string of the molecule is Clc1ccc2nc(-c3cccs3)cnc2c1. The van der Waals surface area contributed by atoms with Crippen LogP contribution in [0, 0.1) is 0 Å². The van der Waals surface area contributed by atoms with Crippen molar-refractivity contribution in [1.82, 2.24) is 9.97 Å². The summed E-state index contributed by atoms with van der Waals surface area (Å²) in [7, 11) is 0. The summed E-state index contributed by atoms with van der Waals surface area (Å²) in [6.07, 6.45) is 1.78. The second kappa shape index (κ2) is 3.85. The minimum absolute atomic E-state index is 0.686. The van der Waals surface area contributed by atoms with E-state index in [1.165, 1.54) is 0 Å². The van der Waals surface area contributed by atoms with Crippen LogP contribution in [0.2, 0.25) is 5.02 Å². The highest BCUT2D eigenvalue weighted by Gasteiger charge is 2.03. The van der Waals surface area contributed by atoms with Gasteiger partial charge in [-0.1, -0.05) is 17.7 Å². The van der Waals surface area contributed by atoms with Gasteiger partial charge < -0.3 is 0 Å². The molecule has 4 heteroatoms. The molecule has 0 aliphatic carbocycles. The van der Waals surface area contributed by atoms with E-state index in [1.807, 2.05) is 35.7 Å². The molecular formula is C12H7ClN2S. The van der Waals surface area contributed by atoms with Gasteiger partial charge in [0.05, 0.1) is 27.8 Å². The molecule has 0 saturated heterocycles. The summed E-state index contributed by atoms with van der Waals surface area (Å²) >= 11 is 7.55. The fourth-order valence-electron chi connectivity index (χ4n) is 1.53. The number of benzene rings is 1. The smallest absolute Gasteiger partial charge is 0.0992 e. The predicted octanol–water partition coefficient (Wildman–Crippen LogP) is 4.01. The Bertz CT molecular complexity index is 635. The van der Waals surface area contributed by atoms with Crippen molar-refractivity contribution in [2.24, 2.45) is 0 Å². The predicted molar refractivity (Wildman–Crippen MR) is 67.9 cm³/mol. The maximum atomic E-state index is 5.89. The molecule has 0 aliphatic heterocycles. The minimum Gasteiger partial charge on any atom is -0.252 e. The summed E-state index contributed by atoms with van der Waals surface area (Å²) in [6, 6.07) is 9.59. The Morgan fingerprint density at radius 3 is 2.88 bits per heavy atom. The zero-order chi connectivity index (χ0) is 11.0. The van der Waals surface area contributed by atoms with E-state index >= 15 is 0 Å². The van der Waals surface area contributed by atoms with Crippen LogP contribution in [0.1, 0.15) is 0 Å². The van der Waals surface area contributed by atoms with E-state index in [2.05, 4.69) is 9.97 Å². The van der Waals surface area contributed by atoms with E-state index in [9.17, 15) is 0 Å². The number of hydrogen-bond donors (Lipinski definition) is 0. The lowest BCUT2D eigenvalue weighted by atomic mass is 10.3. The van der Waals surface area contributed by atoms with Crippen molar-refractivity contribution in [3.63, 3.8) is 0 Å². The molecule has 0 saturated carbocycles. The Morgan fingerprint density at radius 2 is 2.06 bits per heavy atom. The van der Waals surface area contributed by atoms with Crippen molar-refractivity contribution in [3.8, 4) is 10.6 Å². The highest BCUT2D eigenvalue weighted by Crippen LogP contribution is 2.24. The second-order valence-electron chi connectivity index (χ2n) is 3.37. The van der Waals surface area contributed by atoms with Gasteiger partial charge in [0.2, 0.25) is 0 Å². The maximum absolute atomic E-state index is 5.89. The van der Waals surface area contributed by atoms with Gasteiger partial charge in [-0.05, 0) is 29.6 Å². The summed E-state index contributed by atoms with van der Waals surface area (Å²) in [4.78, 5) is 10.0. The monoisotopic (exact) mass is 246 g/mol. The van der Waals surface area contributed by atoms with Crippen LogP contribution in [0.5, 0.6) is 0 Å². The first kappa shape index (κ1) is 9.75. The van der Waals surface area contributed by atoms with E-state index in [0.29, 0.717) is 5.02 Å². The molecule has 0 aliphatic rings. The molecule has 0 fully saturated rings. The molecule has 0 radical (unpaired) electrons. The Hall–Kier alpha value is -1.45. The van der Waals surface area contributed by atoms with Crippen LogP contribution in [-0.2, 0) is 0 Å². The van der Waals surface area contributed by atoms with E-state index in [0.717, 1.165) is 21.6 Å². The second-order valence-corrected chi connectivity index (χ2v) is 4.75. The summed E-state index contributed by atoms with van der Waals surface area (Å²) in [5.41, 5.74) is 2.60. The molecule has 1 aromatic carbocycles. The standard InChI is InChI=1S/C12H7ClN2S/c13-8-3-4-9-10(6-8)14-7-11(15-9)12-2-1-5-16-12/h1-7H. The van der Waals surface area contributed by atoms with Gasteiger partial charge in [-0.15, -0.1) is 11.3 Å². The molecule has 0 atom stereocenters. The first-order valence-electron chi connectivity index (χ1n) is 4.79. The molecule has 0 spiro atoms. The Kier molecular flexibility index (Phi) is 2.35. The lowest BCUT2D eigenvalue weighted by molar-refractivity contribution is 1.30. The molecule has 16 heavy (non-hydrogen) atoms. The quantitative estimate of drug-likeness (QED) is 0.648. The summed E-state index contributed by atoms with van der Waals surface area (Å²) in [5, 5.41) is 2.72. The molecule has 0 amide bonds. The van der Waals surface area contributed by atoms with Crippen molar-refractivity contribution >= 4 is 34.0 Å². The van der Waals surface area contributed by atoms with Gasteiger partial charge in [0, 0.05) is 5.02 Å². The lowest BCUT2D eigenvalue weighted by Crippen LogP contribution is -1.86. The van der Waals surface area contributed by atoms with E-state index < -0.39 is 0 Å². The Balaban J connectivity index is 2.20. The molecule has 78 valence electrons. The topological polar surface area (TPSA) is 25.8 Å². The van der Waals surface area contributed by atoms with Gasteiger partial charge in [-0.25, -0.2) is 4.98 Å². The maximum Gasteiger partial charge on any atom is 0.0992 e. The number of thiophene rings is 1. The largest absolute Gasteiger partial charge is 0.252 e. The number of halogens is 1. The third kappa shape index (κ3) is 1.68. The first-order valence-corrected chi connectivity index (χ1v) is 6.05. The number of rotatable bonds is 1. The number of hydrogen-bond acceptors (Lipinski definition) is 3. The fourth-order valence-corrected chi connectivity index (χ4v) is 2.37. The molecule has 2 nitrogen and oxygen atoms in total. The average molecular weight is 247 g/mol. The van der Waals surface area contributed by atoms with Crippen LogP contribution in [0.15, 0.2) is 41.9 Å². The molecule has 0 unspecified atom stereocenters. The van der Waals surface area contributed by atoms with Crippen molar-refractivity contribution in [2.45, 2.75) is 0 Å². The molecule has 3 aromatic rings. The van der Waals surface area contributed by atoms with Crippen molar-refractivity contribution in [2.75, 3.05) is 0 Å². The molecule has 2 aromatic heterocycles. The minimum atomic E-state index is 0.686. The van der Waals surface area contributed by atoms with Crippen LogP contribution < -0.4 is 0 Å². The van der Waals surface area contributed by atoms with Crippen LogP contribution in [-0.4, -0.2) is 9.97 Å². The third-order valence-corrected chi connectivity index (χ3v) is 3.41. The van der Waals surface area contributed by atoms with Crippen molar-refractivity contribution in [3.05, 3.63) is 46.9 Å². The van der Waals surface area contributed by atoms with Crippen molar-refractivity contribution in [1.29, 1.82) is 0 Å². The zero-order valence-electron chi connectivity index (χ0n) is 8.22. The van der Waals surface area contributed by atoms with Crippen LogP contribution >= 0.6 is 22.9 Å². The molecule has 3 rings (SSSR count). The van der Waals surface area contributed by atoms with E-state index in [4.69, 9.17) is 11.6 Å². The fraction of sp³-hybridized carbons (Fsp3) is 0. The summed E-state index contributed by atoms with van der Waals surface area (Å²) in [5.74, 6) is 0. The Morgan fingerprint density at radius 1 is 1.12 bits per heavy atom. The number of nitrogens with zero attached hydrogens (tertiary/aromatic N) is 2. The molecule has 0 bridgehead atoms. The molecule has 0 N–H and O–H groups in total.